The van der Waals surface area contributed by atoms with Crippen molar-refractivity contribution in [2.45, 2.75) is 32.7 Å². The van der Waals surface area contributed by atoms with Crippen LogP contribution in [0.3, 0.4) is 0 Å². The van der Waals surface area contributed by atoms with Crippen LogP contribution in [0.5, 0.6) is 0 Å². The minimum absolute atomic E-state index is 0.134. The molecule has 1 amide bonds. The second kappa shape index (κ2) is 7.58. The second-order valence-corrected chi connectivity index (χ2v) is 7.00. The molecule has 2 aromatic rings. The predicted molar refractivity (Wildman–Crippen MR) is 96.7 cm³/mol. The zero-order valence-corrected chi connectivity index (χ0v) is 15.2. The van der Waals surface area contributed by atoms with Crippen LogP contribution in [-0.4, -0.2) is 33.4 Å². The van der Waals surface area contributed by atoms with Crippen molar-refractivity contribution in [1.82, 2.24) is 14.5 Å². The highest BCUT2D eigenvalue weighted by Crippen LogP contribution is 2.26. The Morgan fingerprint density at radius 3 is 2.46 bits per heavy atom. The molecular formula is C18H21Cl2N3O. The molecule has 0 saturated carbocycles. The van der Waals surface area contributed by atoms with Crippen molar-refractivity contribution in [1.29, 1.82) is 0 Å². The van der Waals surface area contributed by atoms with Gasteiger partial charge in [0.2, 0.25) is 0 Å². The average molecular weight is 366 g/mol. The van der Waals surface area contributed by atoms with Crippen LogP contribution in [0.15, 0.2) is 30.3 Å². The molecule has 1 aromatic heterocycles. The van der Waals surface area contributed by atoms with E-state index in [0.29, 0.717) is 16.2 Å². The van der Waals surface area contributed by atoms with Crippen molar-refractivity contribution in [2.75, 3.05) is 13.1 Å². The van der Waals surface area contributed by atoms with Crippen LogP contribution in [0.2, 0.25) is 10.3 Å². The minimum atomic E-state index is 0.134. The molecule has 4 nitrogen and oxygen atoms in total. The summed E-state index contributed by atoms with van der Waals surface area (Å²) in [6, 6.07) is 9.49. The van der Waals surface area contributed by atoms with Crippen LogP contribution in [0, 0.1) is 12.8 Å². The standard InChI is InChI=1S/C18H21Cl2N3O/c1-13-21-16(19)17(20)23(13)12-9-14-7-10-22(11-8-14)18(24)15-5-3-2-4-6-15/h2-6,14H,7-12H2,1H3. The van der Waals surface area contributed by atoms with Crippen molar-refractivity contribution in [2.24, 2.45) is 5.92 Å². The molecule has 0 radical (unpaired) electrons. The van der Waals surface area contributed by atoms with Gasteiger partial charge < -0.3 is 9.47 Å². The maximum atomic E-state index is 12.5. The lowest BCUT2D eigenvalue weighted by atomic mass is 9.93. The molecule has 0 N–H and O–H groups in total. The highest BCUT2D eigenvalue weighted by Gasteiger charge is 2.24. The van der Waals surface area contributed by atoms with E-state index >= 15 is 0 Å². The quantitative estimate of drug-likeness (QED) is 0.802. The Labute approximate surface area is 152 Å². The molecular weight excluding hydrogens is 345 g/mol. The van der Waals surface area contributed by atoms with Gasteiger partial charge in [-0.05, 0) is 44.2 Å². The lowest BCUT2D eigenvalue weighted by Crippen LogP contribution is -2.38. The number of imidazole rings is 1. The Kier molecular flexibility index (Phi) is 5.47. The number of carbonyl (C=O) groups is 1. The van der Waals surface area contributed by atoms with Gasteiger partial charge in [0.15, 0.2) is 5.15 Å². The van der Waals surface area contributed by atoms with Crippen LogP contribution in [-0.2, 0) is 6.54 Å². The van der Waals surface area contributed by atoms with Gasteiger partial charge in [0.05, 0.1) is 0 Å². The molecule has 1 saturated heterocycles. The molecule has 24 heavy (non-hydrogen) atoms. The van der Waals surface area contributed by atoms with E-state index in [1.165, 1.54) is 0 Å². The molecule has 0 atom stereocenters. The van der Waals surface area contributed by atoms with Crippen LogP contribution in [0.25, 0.3) is 0 Å². The van der Waals surface area contributed by atoms with E-state index in [1.54, 1.807) is 0 Å². The molecule has 0 spiro atoms. The Morgan fingerprint density at radius 2 is 1.88 bits per heavy atom. The van der Waals surface area contributed by atoms with E-state index in [0.717, 1.165) is 50.3 Å². The summed E-state index contributed by atoms with van der Waals surface area (Å²) in [6.07, 6.45) is 3.08. The number of benzene rings is 1. The van der Waals surface area contributed by atoms with Crippen molar-refractivity contribution >= 4 is 29.1 Å². The van der Waals surface area contributed by atoms with Gasteiger partial charge in [-0.1, -0.05) is 41.4 Å². The van der Waals surface area contributed by atoms with Crippen molar-refractivity contribution in [3.05, 3.63) is 52.0 Å². The molecule has 0 bridgehead atoms. The highest BCUT2D eigenvalue weighted by atomic mass is 35.5. The third-order valence-electron chi connectivity index (χ3n) is 4.74. The molecule has 6 heteroatoms. The number of carbonyl (C=O) groups excluding carboxylic acids is 1. The Bertz CT molecular complexity index is 707. The Balaban J connectivity index is 1.51. The summed E-state index contributed by atoms with van der Waals surface area (Å²) in [4.78, 5) is 18.6. The smallest absolute Gasteiger partial charge is 0.253 e. The fourth-order valence-electron chi connectivity index (χ4n) is 3.26. The van der Waals surface area contributed by atoms with Crippen LogP contribution < -0.4 is 0 Å². The highest BCUT2D eigenvalue weighted by molar-refractivity contribution is 6.40. The fourth-order valence-corrected chi connectivity index (χ4v) is 3.74. The number of aromatic nitrogens is 2. The summed E-state index contributed by atoms with van der Waals surface area (Å²) in [5.41, 5.74) is 0.770. The molecule has 1 fully saturated rings. The summed E-state index contributed by atoms with van der Waals surface area (Å²) in [6.45, 7) is 4.37. The normalized spacial score (nSPS) is 15.7. The first-order chi connectivity index (χ1) is 11.6. The number of halogens is 2. The summed E-state index contributed by atoms with van der Waals surface area (Å²) in [5, 5.41) is 0.892. The van der Waals surface area contributed by atoms with E-state index in [2.05, 4.69) is 4.98 Å². The minimum Gasteiger partial charge on any atom is -0.339 e. The van der Waals surface area contributed by atoms with Gasteiger partial charge in [0.1, 0.15) is 11.0 Å². The van der Waals surface area contributed by atoms with Crippen molar-refractivity contribution < 1.29 is 4.79 Å². The maximum absolute atomic E-state index is 12.5. The van der Waals surface area contributed by atoms with Crippen LogP contribution in [0.1, 0.15) is 35.4 Å². The topological polar surface area (TPSA) is 38.1 Å². The molecule has 3 rings (SSSR count). The van der Waals surface area contributed by atoms with Gasteiger partial charge in [0, 0.05) is 25.2 Å². The molecule has 2 heterocycles. The maximum Gasteiger partial charge on any atom is 0.253 e. The molecule has 1 aliphatic rings. The largest absolute Gasteiger partial charge is 0.339 e. The number of nitrogens with zero attached hydrogens (tertiary/aromatic N) is 3. The Morgan fingerprint density at radius 1 is 1.21 bits per heavy atom. The summed E-state index contributed by atoms with van der Waals surface area (Å²) in [5.74, 6) is 1.58. The van der Waals surface area contributed by atoms with Crippen LogP contribution >= 0.6 is 23.2 Å². The van der Waals surface area contributed by atoms with Gasteiger partial charge in [-0.15, -0.1) is 0 Å². The summed E-state index contributed by atoms with van der Waals surface area (Å²) in [7, 11) is 0. The number of hydrogen-bond donors (Lipinski definition) is 0. The van der Waals surface area contributed by atoms with Gasteiger partial charge >= 0.3 is 0 Å². The molecule has 128 valence electrons. The molecule has 1 aromatic carbocycles. The molecule has 0 aliphatic carbocycles. The van der Waals surface area contributed by atoms with Gasteiger partial charge in [-0.25, -0.2) is 4.98 Å². The van der Waals surface area contributed by atoms with Crippen molar-refractivity contribution in [3.8, 4) is 0 Å². The third kappa shape index (κ3) is 3.76. The van der Waals surface area contributed by atoms with Gasteiger partial charge in [-0.2, -0.15) is 0 Å². The monoisotopic (exact) mass is 365 g/mol. The van der Waals surface area contributed by atoms with Crippen molar-refractivity contribution in [3.63, 3.8) is 0 Å². The predicted octanol–water partition coefficient (Wildman–Crippen LogP) is 4.44. The zero-order chi connectivity index (χ0) is 17.1. The first kappa shape index (κ1) is 17.3. The zero-order valence-electron chi connectivity index (χ0n) is 13.7. The van der Waals surface area contributed by atoms with E-state index in [9.17, 15) is 4.79 Å². The van der Waals surface area contributed by atoms with Crippen LogP contribution in [0.4, 0.5) is 0 Å². The second-order valence-electron chi connectivity index (χ2n) is 6.28. The van der Waals surface area contributed by atoms with E-state index in [4.69, 9.17) is 23.2 Å². The SMILES string of the molecule is Cc1nc(Cl)c(Cl)n1CCC1CCN(C(=O)c2ccccc2)CC1. The number of hydrogen-bond acceptors (Lipinski definition) is 2. The molecule has 1 aliphatic heterocycles. The van der Waals surface area contributed by atoms with E-state index in [1.807, 2.05) is 46.7 Å². The number of rotatable bonds is 4. The number of aryl methyl sites for hydroxylation is 1. The fraction of sp³-hybridized carbons (Fsp3) is 0.444. The van der Waals surface area contributed by atoms with E-state index in [-0.39, 0.29) is 5.91 Å². The first-order valence-electron chi connectivity index (χ1n) is 8.28. The van der Waals surface area contributed by atoms with E-state index < -0.39 is 0 Å². The summed E-state index contributed by atoms with van der Waals surface area (Å²) < 4.78 is 1.96. The molecule has 0 unspecified atom stereocenters. The third-order valence-corrected chi connectivity index (χ3v) is 5.48. The first-order valence-corrected chi connectivity index (χ1v) is 9.04. The lowest BCUT2D eigenvalue weighted by Gasteiger charge is -2.32. The Hall–Kier alpha value is -1.52. The van der Waals surface area contributed by atoms with Gasteiger partial charge in [-0.3, -0.25) is 4.79 Å². The number of likely N-dealkylation sites (tertiary alicyclic amines) is 1. The lowest BCUT2D eigenvalue weighted by molar-refractivity contribution is 0.0685. The average Bonchev–Trinajstić information content (AvgIpc) is 2.86. The summed E-state index contributed by atoms with van der Waals surface area (Å²) >= 11 is 12.1. The van der Waals surface area contributed by atoms with Gasteiger partial charge in [0.25, 0.3) is 5.91 Å². The number of piperidine rings is 1. The number of amides is 1.